The summed E-state index contributed by atoms with van der Waals surface area (Å²) in [6, 6.07) is 6.74. The third kappa shape index (κ3) is 2.74. The van der Waals surface area contributed by atoms with Gasteiger partial charge in [-0.05, 0) is 37.5 Å². The first-order valence-corrected chi connectivity index (χ1v) is 5.95. The summed E-state index contributed by atoms with van der Waals surface area (Å²) in [4.78, 5) is 0. The number of hydrogen-bond acceptors (Lipinski definition) is 2. The predicted molar refractivity (Wildman–Crippen MR) is 69.8 cm³/mol. The first kappa shape index (κ1) is 11.9. The monoisotopic (exact) mass is 229 g/mol. The molecule has 1 heterocycles. The number of H-pyrrole nitrogens is 1. The van der Waals surface area contributed by atoms with E-state index in [4.69, 9.17) is 0 Å². The highest BCUT2D eigenvalue weighted by atomic mass is 15.1. The topological polar surface area (TPSA) is 40.7 Å². The van der Waals surface area contributed by atoms with Crippen molar-refractivity contribution in [2.45, 2.75) is 33.4 Å². The maximum absolute atomic E-state index is 3.97. The summed E-state index contributed by atoms with van der Waals surface area (Å²) in [6.45, 7) is 7.36. The van der Waals surface area contributed by atoms with E-state index in [9.17, 15) is 0 Å². The molecule has 0 spiro atoms. The number of nitrogens with one attached hydrogen (secondary N) is 2. The summed E-state index contributed by atoms with van der Waals surface area (Å²) in [5.41, 5.74) is 5.27. The lowest BCUT2D eigenvalue weighted by atomic mass is 10.0. The average molecular weight is 229 g/mol. The Hall–Kier alpha value is -1.61. The first-order valence-electron chi connectivity index (χ1n) is 5.95. The molecular weight excluding hydrogens is 210 g/mol. The Bertz CT molecular complexity index is 454. The predicted octanol–water partition coefficient (Wildman–Crippen LogP) is 2.88. The van der Waals surface area contributed by atoms with Gasteiger partial charge in [0.2, 0.25) is 0 Å². The van der Waals surface area contributed by atoms with Gasteiger partial charge in [-0.1, -0.05) is 18.2 Å². The second kappa shape index (κ2) is 5.15. The zero-order valence-corrected chi connectivity index (χ0v) is 10.6. The number of rotatable bonds is 4. The fourth-order valence-corrected chi connectivity index (χ4v) is 2.00. The van der Waals surface area contributed by atoms with Gasteiger partial charge in [-0.3, -0.25) is 5.10 Å². The van der Waals surface area contributed by atoms with Crippen LogP contribution in [0, 0.1) is 13.8 Å². The molecule has 90 valence electrons. The van der Waals surface area contributed by atoms with Crippen LogP contribution in [0.25, 0.3) is 0 Å². The minimum absolute atomic E-state index is 0.313. The standard InChI is InChI=1S/C14H19N3/c1-10-5-4-6-11(2)14(10)9-15-12(3)13-7-16-17-8-13/h4-8,12,15H,9H2,1-3H3,(H,16,17). The van der Waals surface area contributed by atoms with Gasteiger partial charge in [0.05, 0.1) is 6.20 Å². The molecule has 2 aromatic rings. The van der Waals surface area contributed by atoms with Crippen molar-refractivity contribution in [2.75, 3.05) is 0 Å². The number of aromatic nitrogens is 2. The molecule has 0 amide bonds. The van der Waals surface area contributed by atoms with Gasteiger partial charge in [-0.25, -0.2) is 0 Å². The third-order valence-corrected chi connectivity index (χ3v) is 3.25. The Morgan fingerprint density at radius 1 is 1.29 bits per heavy atom. The summed E-state index contributed by atoms with van der Waals surface area (Å²) in [6.07, 6.45) is 3.80. The van der Waals surface area contributed by atoms with Crippen LogP contribution in [0.5, 0.6) is 0 Å². The molecule has 0 radical (unpaired) electrons. The van der Waals surface area contributed by atoms with E-state index in [0.29, 0.717) is 6.04 Å². The molecule has 2 rings (SSSR count). The Morgan fingerprint density at radius 2 is 2.00 bits per heavy atom. The second-order valence-electron chi connectivity index (χ2n) is 4.50. The number of aryl methyl sites for hydroxylation is 2. The van der Waals surface area contributed by atoms with E-state index in [2.05, 4.69) is 54.5 Å². The number of hydrogen-bond donors (Lipinski definition) is 2. The van der Waals surface area contributed by atoms with E-state index in [0.717, 1.165) is 6.54 Å². The quantitative estimate of drug-likeness (QED) is 0.846. The molecule has 2 N–H and O–H groups in total. The molecule has 3 heteroatoms. The fourth-order valence-electron chi connectivity index (χ4n) is 2.00. The SMILES string of the molecule is Cc1cccc(C)c1CNC(C)c1cn[nH]c1. The van der Waals surface area contributed by atoms with E-state index >= 15 is 0 Å². The van der Waals surface area contributed by atoms with Crippen LogP contribution < -0.4 is 5.32 Å². The molecule has 0 aliphatic rings. The molecule has 17 heavy (non-hydrogen) atoms. The normalized spacial score (nSPS) is 12.6. The third-order valence-electron chi connectivity index (χ3n) is 3.25. The number of aromatic amines is 1. The van der Waals surface area contributed by atoms with Crippen molar-refractivity contribution in [3.05, 3.63) is 52.8 Å². The lowest BCUT2D eigenvalue weighted by Gasteiger charge is -2.15. The van der Waals surface area contributed by atoms with Gasteiger partial charge in [-0.2, -0.15) is 5.10 Å². The molecule has 0 bridgehead atoms. The van der Waals surface area contributed by atoms with Gasteiger partial charge in [0, 0.05) is 24.3 Å². The van der Waals surface area contributed by atoms with E-state index < -0.39 is 0 Å². The minimum atomic E-state index is 0.313. The van der Waals surface area contributed by atoms with E-state index in [1.165, 1.54) is 22.3 Å². The summed E-state index contributed by atoms with van der Waals surface area (Å²) in [5.74, 6) is 0. The molecule has 0 fully saturated rings. The highest BCUT2D eigenvalue weighted by Gasteiger charge is 2.07. The maximum atomic E-state index is 3.97. The zero-order chi connectivity index (χ0) is 12.3. The Balaban J connectivity index is 2.03. The molecule has 0 saturated carbocycles. The van der Waals surface area contributed by atoms with E-state index in [-0.39, 0.29) is 0 Å². The van der Waals surface area contributed by atoms with E-state index in [1.807, 2.05) is 12.4 Å². The Labute approximate surface area is 102 Å². The smallest absolute Gasteiger partial charge is 0.0534 e. The molecule has 1 unspecified atom stereocenters. The highest BCUT2D eigenvalue weighted by molar-refractivity contribution is 5.33. The first-order chi connectivity index (χ1) is 8.18. The van der Waals surface area contributed by atoms with E-state index in [1.54, 1.807) is 0 Å². The van der Waals surface area contributed by atoms with Crippen LogP contribution in [-0.2, 0) is 6.54 Å². The Kier molecular flexibility index (Phi) is 3.59. The minimum Gasteiger partial charge on any atom is -0.306 e. The molecule has 1 aromatic heterocycles. The summed E-state index contributed by atoms with van der Waals surface area (Å²) >= 11 is 0. The van der Waals surface area contributed by atoms with Crippen LogP contribution in [0.1, 0.15) is 35.2 Å². The average Bonchev–Trinajstić information content (AvgIpc) is 2.81. The largest absolute Gasteiger partial charge is 0.306 e. The van der Waals surface area contributed by atoms with Gasteiger partial charge in [0.15, 0.2) is 0 Å². The second-order valence-corrected chi connectivity index (χ2v) is 4.50. The lowest BCUT2D eigenvalue weighted by molar-refractivity contribution is 0.572. The van der Waals surface area contributed by atoms with Crippen molar-refractivity contribution >= 4 is 0 Å². The Morgan fingerprint density at radius 3 is 2.59 bits per heavy atom. The van der Waals surface area contributed by atoms with Crippen molar-refractivity contribution in [3.8, 4) is 0 Å². The van der Waals surface area contributed by atoms with Crippen molar-refractivity contribution in [1.82, 2.24) is 15.5 Å². The number of benzene rings is 1. The molecule has 0 aliphatic carbocycles. The molecule has 1 atom stereocenters. The van der Waals surface area contributed by atoms with Crippen LogP contribution in [-0.4, -0.2) is 10.2 Å². The molecular formula is C14H19N3. The maximum Gasteiger partial charge on any atom is 0.0534 e. The van der Waals surface area contributed by atoms with Gasteiger partial charge >= 0.3 is 0 Å². The van der Waals surface area contributed by atoms with Crippen molar-refractivity contribution in [3.63, 3.8) is 0 Å². The summed E-state index contributed by atoms with van der Waals surface area (Å²) in [7, 11) is 0. The molecule has 3 nitrogen and oxygen atoms in total. The van der Waals surface area contributed by atoms with Crippen LogP contribution in [0.2, 0.25) is 0 Å². The summed E-state index contributed by atoms with van der Waals surface area (Å²) in [5, 5.41) is 10.3. The van der Waals surface area contributed by atoms with Crippen LogP contribution in [0.3, 0.4) is 0 Å². The van der Waals surface area contributed by atoms with Gasteiger partial charge in [-0.15, -0.1) is 0 Å². The number of nitrogens with zero attached hydrogens (tertiary/aromatic N) is 1. The lowest BCUT2D eigenvalue weighted by Crippen LogP contribution is -2.18. The molecule has 0 saturated heterocycles. The van der Waals surface area contributed by atoms with Gasteiger partial charge in [0.1, 0.15) is 0 Å². The highest BCUT2D eigenvalue weighted by Crippen LogP contribution is 2.15. The molecule has 1 aromatic carbocycles. The van der Waals surface area contributed by atoms with Crippen molar-refractivity contribution in [1.29, 1.82) is 0 Å². The van der Waals surface area contributed by atoms with Crippen molar-refractivity contribution < 1.29 is 0 Å². The molecule has 0 aliphatic heterocycles. The van der Waals surface area contributed by atoms with Crippen molar-refractivity contribution in [2.24, 2.45) is 0 Å². The fraction of sp³-hybridized carbons (Fsp3) is 0.357. The van der Waals surface area contributed by atoms with Crippen LogP contribution >= 0.6 is 0 Å². The summed E-state index contributed by atoms with van der Waals surface area (Å²) < 4.78 is 0. The zero-order valence-electron chi connectivity index (χ0n) is 10.6. The van der Waals surface area contributed by atoms with Crippen LogP contribution in [0.15, 0.2) is 30.6 Å². The van der Waals surface area contributed by atoms with Gasteiger partial charge in [0.25, 0.3) is 0 Å². The van der Waals surface area contributed by atoms with Gasteiger partial charge < -0.3 is 5.32 Å². The van der Waals surface area contributed by atoms with Crippen LogP contribution in [0.4, 0.5) is 0 Å².